The van der Waals surface area contributed by atoms with Crippen LogP contribution in [0.5, 0.6) is 0 Å². The van der Waals surface area contributed by atoms with Gasteiger partial charge in [-0.2, -0.15) is 0 Å². The van der Waals surface area contributed by atoms with Crippen molar-refractivity contribution in [2.45, 2.75) is 49.6 Å². The fourth-order valence-electron chi connectivity index (χ4n) is 3.74. The normalized spacial score (nSPS) is 19.2. The first kappa shape index (κ1) is 24.6. The van der Waals surface area contributed by atoms with E-state index in [1.54, 1.807) is 11.3 Å². The summed E-state index contributed by atoms with van der Waals surface area (Å²) in [4.78, 5) is 9.21. The lowest BCUT2D eigenvalue weighted by molar-refractivity contribution is -0.127. The average Bonchev–Trinajstić information content (AvgIpc) is 3.43. The summed E-state index contributed by atoms with van der Waals surface area (Å²) in [6, 6.07) is 14.0. The minimum atomic E-state index is -1.50. The van der Waals surface area contributed by atoms with Gasteiger partial charge in [0.2, 0.25) is 0 Å². The first-order valence-corrected chi connectivity index (χ1v) is 12.9. The van der Waals surface area contributed by atoms with E-state index in [1.165, 1.54) is 20.2 Å². The Balaban J connectivity index is 0.000000499. The van der Waals surface area contributed by atoms with Crippen LogP contribution in [0.2, 0.25) is 0 Å². The maximum absolute atomic E-state index is 12.7. The molecular formula is C24H28N4O4S2. The van der Waals surface area contributed by atoms with Gasteiger partial charge in [-0.05, 0) is 55.0 Å². The molecule has 5 rings (SSSR count). The highest BCUT2D eigenvalue weighted by atomic mass is 32.2. The molecule has 1 aliphatic rings. The van der Waals surface area contributed by atoms with Gasteiger partial charge >= 0.3 is 0 Å². The van der Waals surface area contributed by atoms with Crippen LogP contribution in [0.3, 0.4) is 0 Å². The van der Waals surface area contributed by atoms with E-state index in [-0.39, 0.29) is 12.2 Å². The van der Waals surface area contributed by atoms with Crippen LogP contribution in [0.15, 0.2) is 59.1 Å². The molecule has 1 aliphatic heterocycles. The third-order valence-corrected chi connectivity index (χ3v) is 7.36. The molecule has 0 radical (unpaired) electrons. The molecule has 0 saturated carbocycles. The molecule has 1 fully saturated rings. The van der Waals surface area contributed by atoms with Gasteiger partial charge in [0.1, 0.15) is 23.1 Å². The van der Waals surface area contributed by atoms with E-state index in [9.17, 15) is 4.21 Å². The molecule has 180 valence electrons. The van der Waals surface area contributed by atoms with Crippen molar-refractivity contribution < 1.29 is 19.2 Å². The molecule has 8 nitrogen and oxygen atoms in total. The molecule has 4 aromatic rings. The Morgan fingerprint density at radius 1 is 1.18 bits per heavy atom. The van der Waals surface area contributed by atoms with Gasteiger partial charge in [-0.1, -0.05) is 30.3 Å². The predicted octanol–water partition coefficient (Wildman–Crippen LogP) is 3.67. The van der Waals surface area contributed by atoms with E-state index in [0.717, 1.165) is 44.3 Å². The Morgan fingerprint density at radius 3 is 2.68 bits per heavy atom. The Morgan fingerprint density at radius 2 is 1.91 bits per heavy atom. The number of ether oxygens (including phenoxy) is 1. The lowest BCUT2D eigenvalue weighted by Crippen LogP contribution is -2.28. The van der Waals surface area contributed by atoms with Crippen LogP contribution in [-0.2, 0) is 15.7 Å². The van der Waals surface area contributed by atoms with Crippen LogP contribution in [0, 0.1) is 0 Å². The molecule has 0 spiro atoms. The summed E-state index contributed by atoms with van der Waals surface area (Å²) < 4.78 is 22.9. The number of hydrogen-bond acceptors (Lipinski definition) is 8. The molecule has 2 aromatic carbocycles. The number of benzene rings is 2. The van der Waals surface area contributed by atoms with Crippen molar-refractivity contribution >= 4 is 49.1 Å². The Labute approximate surface area is 204 Å². The predicted molar refractivity (Wildman–Crippen MR) is 136 cm³/mol. The monoisotopic (exact) mass is 500 g/mol. The number of nitrogens with two attached hydrogens (primary N) is 1. The summed E-state index contributed by atoms with van der Waals surface area (Å²) in [6.07, 6.45) is 3.31. The van der Waals surface area contributed by atoms with Crippen LogP contribution < -0.4 is 10.5 Å². The molecule has 0 amide bonds. The second-order valence-corrected chi connectivity index (χ2v) is 10.7. The van der Waals surface area contributed by atoms with Crippen LogP contribution in [0.25, 0.3) is 21.0 Å². The van der Waals surface area contributed by atoms with E-state index < -0.39 is 16.8 Å². The lowest BCUT2D eigenvalue weighted by Gasteiger charge is -2.14. The third kappa shape index (κ3) is 6.15. The van der Waals surface area contributed by atoms with Crippen molar-refractivity contribution in [1.82, 2.24) is 14.7 Å². The second kappa shape index (κ2) is 10.4. The first-order valence-electron chi connectivity index (χ1n) is 10.9. The van der Waals surface area contributed by atoms with Crippen LogP contribution in [-0.4, -0.2) is 42.8 Å². The molecule has 1 saturated heterocycles. The number of nitrogens with zero attached hydrogens (tertiary/aromatic N) is 2. The summed E-state index contributed by atoms with van der Waals surface area (Å²) in [6.45, 7) is 3.13. The Kier molecular flexibility index (Phi) is 7.56. The fourth-order valence-corrected chi connectivity index (χ4v) is 5.63. The molecule has 0 bridgehead atoms. The van der Waals surface area contributed by atoms with Gasteiger partial charge in [-0.25, -0.2) is 18.9 Å². The van der Waals surface area contributed by atoms with Gasteiger partial charge in [0.15, 0.2) is 5.79 Å². The summed E-state index contributed by atoms with van der Waals surface area (Å²) >= 11 is 1.55. The summed E-state index contributed by atoms with van der Waals surface area (Å²) in [5, 5.41) is 20.4. The molecule has 2 aromatic heterocycles. The van der Waals surface area contributed by atoms with Crippen molar-refractivity contribution in [1.29, 1.82) is 0 Å². The summed E-state index contributed by atoms with van der Waals surface area (Å²) in [7, 11) is -1.27. The largest absolute Gasteiger partial charge is 0.382 e. The van der Waals surface area contributed by atoms with Gasteiger partial charge < -0.3 is 20.7 Å². The summed E-state index contributed by atoms with van der Waals surface area (Å²) in [5.74, 6) is -0.992. The number of hydrogen-bond donors (Lipinski definition) is 4. The maximum Gasteiger partial charge on any atom is 0.156 e. The van der Waals surface area contributed by atoms with E-state index in [0.29, 0.717) is 12.4 Å². The van der Waals surface area contributed by atoms with Crippen molar-refractivity contribution in [3.63, 3.8) is 0 Å². The van der Waals surface area contributed by atoms with E-state index >= 15 is 0 Å². The van der Waals surface area contributed by atoms with Gasteiger partial charge in [0.05, 0.1) is 27.3 Å². The first-order chi connectivity index (χ1) is 16.2. The standard InChI is InChI=1S/C21H20N4O2S2.C3H8O2/c22-21-20-19(23-12-24-21)17(11-28-20)18-8-6-15(27-18)10-25-29(26)16-7-5-13-3-1-2-4-14(13)9-16;1-3(2,4)5/h1-5,7,9,11-12,15,18,25H,6,8,10H2,(H2,22,23,24);4-5H,1-2H3. The maximum atomic E-state index is 12.7. The number of aliphatic hydroxyl groups is 2. The van der Waals surface area contributed by atoms with Crippen molar-refractivity contribution in [2.75, 3.05) is 12.3 Å². The smallest absolute Gasteiger partial charge is 0.156 e. The fraction of sp³-hybridized carbons (Fsp3) is 0.333. The quantitative estimate of drug-likeness (QED) is 0.308. The van der Waals surface area contributed by atoms with Crippen molar-refractivity contribution in [3.8, 4) is 0 Å². The van der Waals surface area contributed by atoms with E-state index in [4.69, 9.17) is 20.7 Å². The SMILES string of the molecule is CC(C)(O)O.Nc1ncnc2c(C3CCC(CNS(=O)c4ccc5ccccc5c4)O3)csc12. The van der Waals surface area contributed by atoms with Gasteiger partial charge in [-0.3, -0.25) is 0 Å². The number of fused-ring (bicyclic) bond motifs is 2. The lowest BCUT2D eigenvalue weighted by atomic mass is 10.1. The molecular weight excluding hydrogens is 472 g/mol. The van der Waals surface area contributed by atoms with Crippen molar-refractivity contribution in [2.24, 2.45) is 0 Å². The highest BCUT2D eigenvalue weighted by molar-refractivity contribution is 7.83. The van der Waals surface area contributed by atoms with Crippen LogP contribution in [0.1, 0.15) is 38.4 Å². The van der Waals surface area contributed by atoms with E-state index in [1.807, 2.05) is 36.4 Å². The average molecular weight is 501 g/mol. The zero-order chi connectivity index (χ0) is 24.3. The zero-order valence-corrected chi connectivity index (χ0v) is 20.6. The molecule has 34 heavy (non-hydrogen) atoms. The number of nitrogens with one attached hydrogen (secondary N) is 1. The van der Waals surface area contributed by atoms with Gasteiger partial charge in [0, 0.05) is 12.1 Å². The number of rotatable bonds is 5. The molecule has 3 heterocycles. The van der Waals surface area contributed by atoms with Gasteiger partial charge in [-0.15, -0.1) is 11.3 Å². The van der Waals surface area contributed by atoms with Crippen LogP contribution >= 0.6 is 11.3 Å². The number of anilines is 1. The highest BCUT2D eigenvalue weighted by Gasteiger charge is 2.29. The topological polar surface area (TPSA) is 131 Å². The Bertz CT molecular complexity index is 1300. The minimum absolute atomic E-state index is 0.0125. The van der Waals surface area contributed by atoms with Crippen LogP contribution in [0.4, 0.5) is 5.82 Å². The molecule has 3 unspecified atom stereocenters. The Hall–Kier alpha value is -2.47. The molecule has 3 atom stereocenters. The third-order valence-electron chi connectivity index (χ3n) is 5.24. The second-order valence-electron chi connectivity index (χ2n) is 8.57. The molecule has 0 aliphatic carbocycles. The van der Waals surface area contributed by atoms with Gasteiger partial charge in [0.25, 0.3) is 0 Å². The molecule has 10 heteroatoms. The molecule has 5 N–H and O–H groups in total. The number of aromatic nitrogens is 2. The number of nitrogen functional groups attached to an aromatic ring is 1. The minimum Gasteiger partial charge on any atom is -0.382 e. The zero-order valence-electron chi connectivity index (χ0n) is 19.0. The van der Waals surface area contributed by atoms with E-state index in [2.05, 4.69) is 26.1 Å². The van der Waals surface area contributed by atoms with Crippen molar-refractivity contribution in [3.05, 3.63) is 59.7 Å². The highest BCUT2D eigenvalue weighted by Crippen LogP contribution is 2.39. The number of thiophene rings is 1. The summed E-state index contributed by atoms with van der Waals surface area (Å²) in [5.41, 5.74) is 7.88.